The SMILES string of the molecule is CC.O=C1NC(c2ccccc2)C(COC2CCCCO2)O1. The second kappa shape index (κ2) is 8.76. The van der Waals surface area contributed by atoms with Crippen molar-refractivity contribution in [3.8, 4) is 0 Å². The number of carbonyl (C=O) groups is 1. The molecule has 5 heteroatoms. The normalized spacial score (nSPS) is 27.4. The molecule has 122 valence electrons. The number of ether oxygens (including phenoxy) is 3. The van der Waals surface area contributed by atoms with Crippen LogP contribution in [0.2, 0.25) is 0 Å². The summed E-state index contributed by atoms with van der Waals surface area (Å²) >= 11 is 0. The van der Waals surface area contributed by atoms with Gasteiger partial charge >= 0.3 is 6.09 Å². The van der Waals surface area contributed by atoms with Gasteiger partial charge in [0.2, 0.25) is 0 Å². The van der Waals surface area contributed by atoms with Gasteiger partial charge in [0, 0.05) is 6.61 Å². The molecule has 2 saturated heterocycles. The molecule has 0 spiro atoms. The van der Waals surface area contributed by atoms with Gasteiger partial charge in [-0.25, -0.2) is 4.79 Å². The number of alkyl carbamates (subject to hydrolysis) is 1. The zero-order valence-corrected chi connectivity index (χ0v) is 13.3. The third-order valence-electron chi connectivity index (χ3n) is 3.65. The first-order chi connectivity index (χ1) is 10.8. The van der Waals surface area contributed by atoms with Crippen LogP contribution in [-0.2, 0) is 14.2 Å². The maximum atomic E-state index is 11.5. The molecular formula is C17H25NO4. The van der Waals surface area contributed by atoms with Crippen molar-refractivity contribution in [1.29, 1.82) is 0 Å². The number of hydrogen-bond donors (Lipinski definition) is 1. The fourth-order valence-corrected chi connectivity index (χ4v) is 2.59. The molecule has 0 aromatic heterocycles. The van der Waals surface area contributed by atoms with Gasteiger partial charge in [-0.05, 0) is 24.8 Å². The fourth-order valence-electron chi connectivity index (χ4n) is 2.59. The molecule has 0 aliphatic carbocycles. The van der Waals surface area contributed by atoms with E-state index in [9.17, 15) is 4.79 Å². The Hall–Kier alpha value is -1.59. The van der Waals surface area contributed by atoms with E-state index in [0.29, 0.717) is 6.61 Å². The Morgan fingerprint density at radius 3 is 2.68 bits per heavy atom. The quantitative estimate of drug-likeness (QED) is 0.926. The van der Waals surface area contributed by atoms with E-state index < -0.39 is 6.09 Å². The van der Waals surface area contributed by atoms with E-state index in [1.807, 2.05) is 44.2 Å². The Morgan fingerprint density at radius 1 is 1.23 bits per heavy atom. The molecule has 2 heterocycles. The molecule has 2 aliphatic rings. The lowest BCUT2D eigenvalue weighted by molar-refractivity contribution is -0.174. The van der Waals surface area contributed by atoms with Crippen LogP contribution in [0, 0.1) is 0 Å². The summed E-state index contributed by atoms with van der Waals surface area (Å²) in [6, 6.07) is 9.63. The van der Waals surface area contributed by atoms with E-state index in [0.717, 1.165) is 31.4 Å². The second-order valence-corrected chi connectivity index (χ2v) is 5.11. The average molecular weight is 307 g/mol. The molecule has 2 fully saturated rings. The highest BCUT2D eigenvalue weighted by atomic mass is 16.7. The van der Waals surface area contributed by atoms with Crippen LogP contribution >= 0.6 is 0 Å². The van der Waals surface area contributed by atoms with E-state index in [1.165, 1.54) is 0 Å². The van der Waals surface area contributed by atoms with E-state index in [2.05, 4.69) is 5.32 Å². The van der Waals surface area contributed by atoms with Gasteiger partial charge in [0.25, 0.3) is 0 Å². The standard InChI is InChI=1S/C15H19NO4.C2H6/c17-15-16-14(11-6-2-1-3-7-11)12(20-15)10-19-13-8-4-5-9-18-13;1-2/h1-3,6-7,12-14H,4-5,8-10H2,(H,16,17);1-2H3. The first-order valence-electron chi connectivity index (χ1n) is 8.08. The zero-order chi connectivity index (χ0) is 15.8. The molecular weight excluding hydrogens is 282 g/mol. The number of amides is 1. The number of benzene rings is 1. The zero-order valence-electron chi connectivity index (χ0n) is 13.3. The first kappa shape index (κ1) is 16.8. The molecule has 1 amide bonds. The monoisotopic (exact) mass is 307 g/mol. The summed E-state index contributed by atoms with van der Waals surface area (Å²) in [5, 5.41) is 2.83. The fraction of sp³-hybridized carbons (Fsp3) is 0.588. The van der Waals surface area contributed by atoms with E-state index in [4.69, 9.17) is 14.2 Å². The van der Waals surface area contributed by atoms with Crippen LogP contribution in [0.1, 0.15) is 44.7 Å². The molecule has 3 atom stereocenters. The molecule has 3 unspecified atom stereocenters. The van der Waals surface area contributed by atoms with Crippen LogP contribution in [0.5, 0.6) is 0 Å². The first-order valence-corrected chi connectivity index (χ1v) is 8.08. The summed E-state index contributed by atoms with van der Waals surface area (Å²) in [5.74, 6) is 0. The summed E-state index contributed by atoms with van der Waals surface area (Å²) in [5.41, 5.74) is 1.02. The molecule has 2 aliphatic heterocycles. The second-order valence-electron chi connectivity index (χ2n) is 5.11. The molecule has 1 N–H and O–H groups in total. The van der Waals surface area contributed by atoms with E-state index >= 15 is 0 Å². The Labute approximate surface area is 131 Å². The highest BCUT2D eigenvalue weighted by Crippen LogP contribution is 2.25. The number of hydrogen-bond acceptors (Lipinski definition) is 4. The molecule has 0 radical (unpaired) electrons. The minimum atomic E-state index is -0.392. The van der Waals surface area contributed by atoms with Gasteiger partial charge in [-0.3, -0.25) is 0 Å². The van der Waals surface area contributed by atoms with Crippen molar-refractivity contribution < 1.29 is 19.0 Å². The molecule has 1 aromatic carbocycles. The lowest BCUT2D eigenvalue weighted by atomic mass is 10.0. The van der Waals surface area contributed by atoms with E-state index in [-0.39, 0.29) is 18.4 Å². The predicted molar refractivity (Wildman–Crippen MR) is 83.5 cm³/mol. The maximum Gasteiger partial charge on any atom is 0.408 e. The third kappa shape index (κ3) is 4.45. The van der Waals surface area contributed by atoms with Crippen molar-refractivity contribution in [1.82, 2.24) is 5.32 Å². The Morgan fingerprint density at radius 2 is 2.00 bits per heavy atom. The minimum absolute atomic E-state index is 0.160. The van der Waals surface area contributed by atoms with Crippen molar-refractivity contribution >= 4 is 6.09 Å². The van der Waals surface area contributed by atoms with Crippen LogP contribution in [0.3, 0.4) is 0 Å². The van der Waals surface area contributed by atoms with Gasteiger partial charge in [-0.2, -0.15) is 0 Å². The molecule has 1 aromatic rings. The van der Waals surface area contributed by atoms with Crippen molar-refractivity contribution in [2.75, 3.05) is 13.2 Å². The number of cyclic esters (lactones) is 1. The average Bonchev–Trinajstić information content (AvgIpc) is 2.97. The smallest absolute Gasteiger partial charge is 0.408 e. The highest BCUT2D eigenvalue weighted by molar-refractivity contribution is 5.70. The summed E-state index contributed by atoms with van der Waals surface area (Å²) < 4.78 is 16.5. The predicted octanol–water partition coefficient (Wildman–Crippen LogP) is 3.41. The third-order valence-corrected chi connectivity index (χ3v) is 3.65. The topological polar surface area (TPSA) is 56.8 Å². The molecule has 0 bridgehead atoms. The Balaban J connectivity index is 0.000000847. The number of carbonyl (C=O) groups excluding carboxylic acids is 1. The molecule has 0 saturated carbocycles. The van der Waals surface area contributed by atoms with Crippen LogP contribution in [0.25, 0.3) is 0 Å². The summed E-state index contributed by atoms with van der Waals surface area (Å²) in [7, 11) is 0. The van der Waals surface area contributed by atoms with Gasteiger partial charge in [0.1, 0.15) is 0 Å². The van der Waals surface area contributed by atoms with Crippen molar-refractivity contribution in [3.05, 3.63) is 35.9 Å². The Bertz CT molecular complexity index is 445. The molecule has 5 nitrogen and oxygen atoms in total. The van der Waals surface area contributed by atoms with Gasteiger partial charge in [0.15, 0.2) is 12.4 Å². The van der Waals surface area contributed by atoms with Crippen LogP contribution < -0.4 is 5.32 Å². The van der Waals surface area contributed by atoms with Crippen LogP contribution in [0.15, 0.2) is 30.3 Å². The van der Waals surface area contributed by atoms with Crippen LogP contribution in [-0.4, -0.2) is 31.7 Å². The van der Waals surface area contributed by atoms with E-state index in [1.54, 1.807) is 0 Å². The summed E-state index contributed by atoms with van der Waals surface area (Å²) in [6.07, 6.45) is 2.25. The lowest BCUT2D eigenvalue weighted by Gasteiger charge is -2.25. The summed E-state index contributed by atoms with van der Waals surface area (Å²) in [4.78, 5) is 11.5. The van der Waals surface area contributed by atoms with Gasteiger partial charge < -0.3 is 19.5 Å². The highest BCUT2D eigenvalue weighted by Gasteiger charge is 2.35. The van der Waals surface area contributed by atoms with Crippen LogP contribution in [0.4, 0.5) is 4.79 Å². The lowest BCUT2D eigenvalue weighted by Crippen LogP contribution is -2.30. The molecule has 22 heavy (non-hydrogen) atoms. The van der Waals surface area contributed by atoms with Gasteiger partial charge in [0.05, 0.1) is 12.6 Å². The largest absolute Gasteiger partial charge is 0.441 e. The van der Waals surface area contributed by atoms with Gasteiger partial charge in [-0.1, -0.05) is 44.2 Å². The summed E-state index contributed by atoms with van der Waals surface area (Å²) in [6.45, 7) is 5.10. The van der Waals surface area contributed by atoms with Crippen molar-refractivity contribution in [3.63, 3.8) is 0 Å². The van der Waals surface area contributed by atoms with Crippen molar-refractivity contribution in [2.24, 2.45) is 0 Å². The van der Waals surface area contributed by atoms with Gasteiger partial charge in [-0.15, -0.1) is 0 Å². The van der Waals surface area contributed by atoms with Crippen molar-refractivity contribution in [2.45, 2.75) is 51.5 Å². The minimum Gasteiger partial charge on any atom is -0.441 e. The maximum absolute atomic E-state index is 11.5. The number of rotatable bonds is 4. The molecule has 3 rings (SSSR count). The number of nitrogens with one attached hydrogen (secondary N) is 1. The Kier molecular flexibility index (Phi) is 6.68.